The lowest BCUT2D eigenvalue weighted by atomic mass is 9.99. The van der Waals surface area contributed by atoms with Crippen LogP contribution >= 0.6 is 0 Å². The van der Waals surface area contributed by atoms with Crippen molar-refractivity contribution in [3.05, 3.63) is 54.1 Å². The van der Waals surface area contributed by atoms with E-state index < -0.39 is 5.97 Å². The fraction of sp³-hybridized carbons (Fsp3) is 0.552. The van der Waals surface area contributed by atoms with Gasteiger partial charge in [0.05, 0.1) is 12.2 Å². The van der Waals surface area contributed by atoms with E-state index in [1.165, 1.54) is 44.9 Å². The van der Waals surface area contributed by atoms with E-state index in [1.54, 1.807) is 6.07 Å². The van der Waals surface area contributed by atoms with Crippen LogP contribution in [0.3, 0.4) is 0 Å². The topological polar surface area (TPSA) is 44.8 Å². The van der Waals surface area contributed by atoms with Crippen LogP contribution in [0.2, 0.25) is 0 Å². The van der Waals surface area contributed by atoms with Crippen LogP contribution < -0.4 is 4.74 Å². The molecule has 0 saturated carbocycles. The van der Waals surface area contributed by atoms with Gasteiger partial charge in [-0.25, -0.2) is 4.79 Å². The van der Waals surface area contributed by atoms with Crippen LogP contribution in [0.5, 0.6) is 5.75 Å². The Morgan fingerprint density at radius 3 is 2.18 bits per heavy atom. The molecule has 2 aromatic rings. The highest BCUT2D eigenvalue weighted by Crippen LogP contribution is 2.29. The Hall–Kier alpha value is -2.33. The molecule has 0 aliphatic carbocycles. The predicted molar refractivity (Wildman–Crippen MR) is 135 cm³/mol. The molecule has 33 heavy (non-hydrogen) atoms. The van der Waals surface area contributed by atoms with Crippen LogP contribution in [-0.2, 0) is 9.78 Å². The Kier molecular flexibility index (Phi) is 13.3. The van der Waals surface area contributed by atoms with Gasteiger partial charge in [0.2, 0.25) is 0 Å². The largest absolute Gasteiger partial charge is 0.494 e. The Balaban J connectivity index is 1.96. The van der Waals surface area contributed by atoms with E-state index in [4.69, 9.17) is 14.5 Å². The number of unbranched alkanes of at least 4 members (excludes halogenated alkanes) is 7. The zero-order valence-corrected chi connectivity index (χ0v) is 20.8. The number of carbonyl (C=O) groups excluding carboxylic acids is 1. The number of benzene rings is 2. The first-order valence-electron chi connectivity index (χ1n) is 12.9. The van der Waals surface area contributed by atoms with Crippen LogP contribution in [0.25, 0.3) is 11.1 Å². The average Bonchev–Trinajstić information content (AvgIpc) is 2.85. The predicted octanol–water partition coefficient (Wildman–Crippen LogP) is 8.54. The average molecular weight is 455 g/mol. The number of rotatable bonds is 17. The molecule has 0 aliphatic rings. The third kappa shape index (κ3) is 10.00. The molecule has 0 radical (unpaired) electrons. The maximum Gasteiger partial charge on any atom is 0.373 e. The highest BCUT2D eigenvalue weighted by atomic mass is 17.2. The van der Waals surface area contributed by atoms with Gasteiger partial charge in [0.25, 0.3) is 0 Å². The number of hydrogen-bond acceptors (Lipinski definition) is 4. The second-order valence-corrected chi connectivity index (χ2v) is 8.68. The minimum Gasteiger partial charge on any atom is -0.494 e. The minimum atomic E-state index is -0.474. The van der Waals surface area contributed by atoms with Crippen molar-refractivity contribution in [2.75, 3.05) is 6.61 Å². The lowest BCUT2D eigenvalue weighted by Gasteiger charge is -2.15. The molecule has 0 aromatic heterocycles. The summed E-state index contributed by atoms with van der Waals surface area (Å²) in [5.74, 6) is 0.296. The summed E-state index contributed by atoms with van der Waals surface area (Å²) in [7, 11) is 0. The molecule has 0 N–H and O–H groups in total. The number of ether oxygens (including phenoxy) is 1. The van der Waals surface area contributed by atoms with Gasteiger partial charge in [-0.15, -0.1) is 0 Å². The fourth-order valence-electron chi connectivity index (χ4n) is 3.87. The van der Waals surface area contributed by atoms with E-state index in [-0.39, 0.29) is 6.10 Å². The maximum atomic E-state index is 12.8. The van der Waals surface area contributed by atoms with Crippen molar-refractivity contribution < 1.29 is 19.3 Å². The zero-order valence-electron chi connectivity index (χ0n) is 20.8. The maximum absolute atomic E-state index is 12.8. The molecule has 4 nitrogen and oxygen atoms in total. The molecule has 2 aromatic carbocycles. The van der Waals surface area contributed by atoms with Gasteiger partial charge in [-0.2, -0.15) is 4.89 Å². The summed E-state index contributed by atoms with van der Waals surface area (Å²) in [6.45, 7) is 7.06. The molecule has 0 saturated heterocycles. The van der Waals surface area contributed by atoms with E-state index >= 15 is 0 Å². The molecule has 0 heterocycles. The Bertz CT molecular complexity index is 787. The first kappa shape index (κ1) is 26.9. The molecule has 0 spiro atoms. The standard InChI is InChI=1S/C29H42O4/c1-4-7-8-9-10-11-12-16-22-31-26-20-21-27(28(23-26)24-18-14-13-15-19-24)29(30)33-32-25(6-3)17-5-2/h13-15,18-21,23,25H,4-12,16-17,22H2,1-3H3. The highest BCUT2D eigenvalue weighted by Gasteiger charge is 2.18. The first-order valence-corrected chi connectivity index (χ1v) is 12.9. The van der Waals surface area contributed by atoms with Crippen molar-refractivity contribution in [1.82, 2.24) is 0 Å². The second kappa shape index (κ2) is 16.3. The van der Waals surface area contributed by atoms with E-state index in [0.717, 1.165) is 42.6 Å². The van der Waals surface area contributed by atoms with E-state index in [9.17, 15) is 4.79 Å². The molecule has 4 heteroatoms. The van der Waals surface area contributed by atoms with Crippen molar-refractivity contribution in [3.63, 3.8) is 0 Å². The van der Waals surface area contributed by atoms with Crippen LogP contribution in [0.4, 0.5) is 0 Å². The second-order valence-electron chi connectivity index (χ2n) is 8.68. The van der Waals surface area contributed by atoms with Gasteiger partial charge in [-0.1, -0.05) is 102 Å². The van der Waals surface area contributed by atoms with Gasteiger partial charge in [-0.05, 0) is 48.6 Å². The number of hydrogen-bond donors (Lipinski definition) is 0. The normalized spacial score (nSPS) is 11.8. The van der Waals surface area contributed by atoms with Gasteiger partial charge < -0.3 is 4.74 Å². The highest BCUT2D eigenvalue weighted by molar-refractivity contribution is 5.97. The van der Waals surface area contributed by atoms with Crippen molar-refractivity contribution in [2.45, 2.75) is 97.5 Å². The van der Waals surface area contributed by atoms with Gasteiger partial charge in [-0.3, -0.25) is 4.89 Å². The van der Waals surface area contributed by atoms with Crippen LogP contribution in [0.1, 0.15) is 102 Å². The van der Waals surface area contributed by atoms with E-state index in [1.807, 2.05) is 49.4 Å². The molecule has 1 atom stereocenters. The quantitative estimate of drug-likeness (QED) is 0.136. The fourth-order valence-corrected chi connectivity index (χ4v) is 3.87. The van der Waals surface area contributed by atoms with Crippen molar-refractivity contribution in [1.29, 1.82) is 0 Å². The summed E-state index contributed by atoms with van der Waals surface area (Å²) in [6.07, 6.45) is 12.7. The van der Waals surface area contributed by atoms with Gasteiger partial charge in [0, 0.05) is 0 Å². The van der Waals surface area contributed by atoms with Gasteiger partial charge in [0.1, 0.15) is 11.9 Å². The first-order chi connectivity index (χ1) is 16.2. The summed E-state index contributed by atoms with van der Waals surface area (Å²) >= 11 is 0. The molecule has 0 amide bonds. The third-order valence-corrected chi connectivity index (χ3v) is 5.89. The molecule has 0 bridgehead atoms. The van der Waals surface area contributed by atoms with Gasteiger partial charge >= 0.3 is 5.97 Å². The zero-order chi connectivity index (χ0) is 23.7. The molecule has 1 unspecified atom stereocenters. The molecule has 182 valence electrons. The summed E-state index contributed by atoms with van der Waals surface area (Å²) in [5, 5.41) is 0. The Labute approximate surface area is 200 Å². The SMILES string of the molecule is CCCCCCCCCCOc1ccc(C(=O)OOC(CC)CCC)c(-c2ccccc2)c1. The summed E-state index contributed by atoms with van der Waals surface area (Å²) in [4.78, 5) is 23.5. The minimum absolute atomic E-state index is 0.0756. The van der Waals surface area contributed by atoms with Crippen molar-refractivity contribution >= 4 is 5.97 Å². The molecular weight excluding hydrogens is 412 g/mol. The van der Waals surface area contributed by atoms with Crippen molar-refractivity contribution in [2.24, 2.45) is 0 Å². The van der Waals surface area contributed by atoms with Crippen LogP contribution in [0, 0.1) is 0 Å². The van der Waals surface area contributed by atoms with Crippen LogP contribution in [0.15, 0.2) is 48.5 Å². The van der Waals surface area contributed by atoms with Crippen molar-refractivity contribution in [3.8, 4) is 16.9 Å². The lowest BCUT2D eigenvalue weighted by Crippen LogP contribution is -2.16. The van der Waals surface area contributed by atoms with E-state index in [2.05, 4.69) is 13.8 Å². The van der Waals surface area contributed by atoms with Gasteiger partial charge in [0.15, 0.2) is 0 Å². The Morgan fingerprint density at radius 1 is 0.818 bits per heavy atom. The monoisotopic (exact) mass is 454 g/mol. The number of carbonyl (C=O) groups is 1. The third-order valence-electron chi connectivity index (χ3n) is 5.89. The smallest absolute Gasteiger partial charge is 0.373 e. The molecular formula is C29H42O4. The summed E-state index contributed by atoms with van der Waals surface area (Å²) in [5.41, 5.74) is 2.22. The molecule has 0 fully saturated rings. The molecule has 2 rings (SSSR count). The van der Waals surface area contributed by atoms with E-state index in [0.29, 0.717) is 12.2 Å². The lowest BCUT2D eigenvalue weighted by molar-refractivity contribution is -0.276. The molecule has 0 aliphatic heterocycles. The Morgan fingerprint density at radius 2 is 1.52 bits per heavy atom. The van der Waals surface area contributed by atoms with Crippen LogP contribution in [-0.4, -0.2) is 18.7 Å². The summed E-state index contributed by atoms with van der Waals surface area (Å²) in [6, 6.07) is 15.4. The summed E-state index contributed by atoms with van der Waals surface area (Å²) < 4.78 is 6.01.